The van der Waals surface area contributed by atoms with Crippen molar-refractivity contribution in [1.82, 2.24) is 4.98 Å². The Morgan fingerprint density at radius 1 is 1.45 bits per heavy atom. The number of aromatic nitrogens is 1. The van der Waals surface area contributed by atoms with E-state index in [2.05, 4.69) is 4.98 Å². The smallest absolute Gasteiger partial charge is 0.207 e. The Morgan fingerprint density at radius 2 is 2.25 bits per heavy atom. The van der Waals surface area contributed by atoms with Crippen LogP contribution >= 0.6 is 11.6 Å². The lowest BCUT2D eigenvalue weighted by Gasteiger charge is -2.10. The maximum atomic E-state index is 12.6. The number of hydrogen-bond acceptors (Lipinski definition) is 3. The zero-order valence-corrected chi connectivity index (χ0v) is 13.1. The number of aryl methyl sites for hydroxylation is 2. The molecule has 0 spiro atoms. The third kappa shape index (κ3) is 2.42. The van der Waals surface area contributed by atoms with E-state index in [1.807, 2.05) is 32.0 Å². The fourth-order valence-electron chi connectivity index (χ4n) is 2.67. The number of rotatable bonds is 3. The van der Waals surface area contributed by atoms with Gasteiger partial charge in [0.1, 0.15) is 11.5 Å². The molecule has 106 valence electrons. The van der Waals surface area contributed by atoms with Crippen LogP contribution < -0.4 is 0 Å². The first-order valence-electron chi connectivity index (χ1n) is 6.63. The molecule has 2 aromatic rings. The summed E-state index contributed by atoms with van der Waals surface area (Å²) in [7, 11) is -1.03. The van der Waals surface area contributed by atoms with Gasteiger partial charge in [0.2, 0.25) is 5.89 Å². The quantitative estimate of drug-likeness (QED) is 0.864. The third-order valence-electron chi connectivity index (χ3n) is 3.81. The van der Waals surface area contributed by atoms with E-state index in [1.165, 1.54) is 0 Å². The molecular weight excluding hydrogens is 294 g/mol. The molecule has 0 bridgehead atoms. The van der Waals surface area contributed by atoms with Gasteiger partial charge in [-0.05, 0) is 43.9 Å². The molecule has 1 aromatic carbocycles. The second-order valence-corrected chi connectivity index (χ2v) is 7.14. The molecule has 0 amide bonds. The lowest BCUT2D eigenvalue weighted by molar-refractivity contribution is 0.487. The summed E-state index contributed by atoms with van der Waals surface area (Å²) in [5.74, 6) is 1.73. The summed E-state index contributed by atoms with van der Waals surface area (Å²) in [6, 6.07) is 5.85. The van der Waals surface area contributed by atoms with Gasteiger partial charge in [-0.25, -0.2) is 4.98 Å². The molecule has 3 nitrogen and oxygen atoms in total. The zero-order chi connectivity index (χ0) is 14.3. The number of fused-ring (bicyclic) bond motifs is 1. The first-order chi connectivity index (χ1) is 9.56. The van der Waals surface area contributed by atoms with Crippen molar-refractivity contribution in [3.8, 4) is 0 Å². The molecule has 1 aliphatic rings. The predicted octanol–water partition coefficient (Wildman–Crippen LogP) is 3.88. The predicted molar refractivity (Wildman–Crippen MR) is 80.3 cm³/mol. The molecule has 0 fully saturated rings. The van der Waals surface area contributed by atoms with E-state index in [-0.39, 0.29) is 5.25 Å². The van der Waals surface area contributed by atoms with Crippen LogP contribution in [0.15, 0.2) is 22.6 Å². The van der Waals surface area contributed by atoms with Gasteiger partial charge in [0.25, 0.3) is 0 Å². The van der Waals surface area contributed by atoms with Gasteiger partial charge >= 0.3 is 0 Å². The van der Waals surface area contributed by atoms with Crippen LogP contribution in [0.1, 0.15) is 40.1 Å². The first kappa shape index (κ1) is 13.8. The van der Waals surface area contributed by atoms with Crippen molar-refractivity contribution in [2.75, 3.05) is 0 Å². The molecule has 5 heteroatoms. The monoisotopic (exact) mass is 309 g/mol. The van der Waals surface area contributed by atoms with E-state index in [9.17, 15) is 4.21 Å². The number of halogens is 1. The molecule has 1 aromatic heterocycles. The summed E-state index contributed by atoms with van der Waals surface area (Å²) < 4.78 is 18.1. The topological polar surface area (TPSA) is 43.1 Å². The Hall–Kier alpha value is -1.13. The van der Waals surface area contributed by atoms with Crippen molar-refractivity contribution < 1.29 is 8.63 Å². The highest BCUT2D eigenvalue weighted by Crippen LogP contribution is 2.39. The lowest BCUT2D eigenvalue weighted by atomic mass is 10.1. The second kappa shape index (κ2) is 5.34. The van der Waals surface area contributed by atoms with Crippen molar-refractivity contribution in [2.24, 2.45) is 0 Å². The average molecular weight is 310 g/mol. The largest absolute Gasteiger partial charge is 0.445 e. The number of hydrogen-bond donors (Lipinski definition) is 0. The summed E-state index contributed by atoms with van der Waals surface area (Å²) in [5, 5.41) is 0.820. The summed E-state index contributed by atoms with van der Waals surface area (Å²) in [4.78, 5) is 4.31. The minimum Gasteiger partial charge on any atom is -0.445 e. The summed E-state index contributed by atoms with van der Waals surface area (Å²) in [6.45, 7) is 3.77. The summed E-state index contributed by atoms with van der Waals surface area (Å²) in [5.41, 5.74) is 3.13. The lowest BCUT2D eigenvalue weighted by Crippen LogP contribution is -2.06. The van der Waals surface area contributed by atoms with Crippen LogP contribution in [-0.4, -0.2) is 9.19 Å². The average Bonchev–Trinajstić information content (AvgIpc) is 2.95. The van der Waals surface area contributed by atoms with E-state index in [0.29, 0.717) is 11.6 Å². The van der Waals surface area contributed by atoms with Gasteiger partial charge in [-0.3, -0.25) is 4.21 Å². The SMILES string of the molecule is Cc1nc(C[S@](=O)[C@H]2CCc3c(Cl)cccc32)oc1C. The van der Waals surface area contributed by atoms with Crippen LogP contribution in [0.5, 0.6) is 0 Å². The Kier molecular flexibility index (Phi) is 3.69. The maximum absolute atomic E-state index is 12.6. The zero-order valence-electron chi connectivity index (χ0n) is 11.5. The molecule has 0 saturated heterocycles. The van der Waals surface area contributed by atoms with E-state index in [1.54, 1.807) is 0 Å². The number of benzene rings is 1. The van der Waals surface area contributed by atoms with Gasteiger partial charge < -0.3 is 4.42 Å². The minimum atomic E-state index is -1.03. The molecule has 2 atom stereocenters. The van der Waals surface area contributed by atoms with Crippen LogP contribution in [-0.2, 0) is 23.0 Å². The van der Waals surface area contributed by atoms with Gasteiger partial charge in [-0.15, -0.1) is 0 Å². The molecule has 0 saturated carbocycles. The Morgan fingerprint density at radius 3 is 2.95 bits per heavy atom. The van der Waals surface area contributed by atoms with Gasteiger partial charge in [0.15, 0.2) is 0 Å². The van der Waals surface area contributed by atoms with Gasteiger partial charge in [-0.1, -0.05) is 23.7 Å². The summed E-state index contributed by atoms with van der Waals surface area (Å²) >= 11 is 6.19. The summed E-state index contributed by atoms with van der Waals surface area (Å²) in [6.07, 6.45) is 1.78. The van der Waals surface area contributed by atoms with Crippen molar-refractivity contribution in [3.05, 3.63) is 51.7 Å². The Balaban J connectivity index is 1.82. The van der Waals surface area contributed by atoms with Crippen molar-refractivity contribution in [1.29, 1.82) is 0 Å². The standard InChI is InChI=1S/C15H16ClNO2S/c1-9-10(2)19-15(17-9)8-20(18)14-7-6-11-12(14)4-3-5-13(11)16/h3-5,14H,6-8H2,1-2H3/t14-,20-/m0/s1. The molecule has 20 heavy (non-hydrogen) atoms. The van der Waals surface area contributed by atoms with E-state index < -0.39 is 10.8 Å². The fraction of sp³-hybridized carbons (Fsp3) is 0.400. The second-order valence-electron chi connectivity index (χ2n) is 5.11. The molecule has 0 radical (unpaired) electrons. The van der Waals surface area contributed by atoms with Gasteiger partial charge in [0, 0.05) is 15.8 Å². The number of oxazole rings is 1. The molecule has 0 aliphatic heterocycles. The normalized spacial score (nSPS) is 19.1. The van der Waals surface area contributed by atoms with Crippen LogP contribution in [0.4, 0.5) is 0 Å². The minimum absolute atomic E-state index is 0.0382. The highest BCUT2D eigenvalue weighted by Gasteiger charge is 2.29. The molecule has 3 rings (SSSR count). The highest BCUT2D eigenvalue weighted by atomic mass is 35.5. The molecule has 0 unspecified atom stereocenters. The van der Waals surface area contributed by atoms with Crippen molar-refractivity contribution >= 4 is 22.4 Å². The first-order valence-corrected chi connectivity index (χ1v) is 8.39. The van der Waals surface area contributed by atoms with Crippen LogP contribution in [0, 0.1) is 13.8 Å². The Bertz CT molecular complexity index is 661. The highest BCUT2D eigenvalue weighted by molar-refractivity contribution is 7.84. The molecule has 0 N–H and O–H groups in total. The molecule has 1 aliphatic carbocycles. The molecule has 1 heterocycles. The van der Waals surface area contributed by atoms with E-state index in [0.717, 1.165) is 40.4 Å². The van der Waals surface area contributed by atoms with E-state index >= 15 is 0 Å². The number of nitrogens with zero attached hydrogens (tertiary/aromatic N) is 1. The van der Waals surface area contributed by atoms with Crippen LogP contribution in [0.2, 0.25) is 5.02 Å². The van der Waals surface area contributed by atoms with Gasteiger partial charge in [0.05, 0.1) is 10.9 Å². The van der Waals surface area contributed by atoms with Crippen molar-refractivity contribution in [2.45, 2.75) is 37.7 Å². The van der Waals surface area contributed by atoms with E-state index in [4.69, 9.17) is 16.0 Å². The third-order valence-corrected chi connectivity index (χ3v) is 5.82. The van der Waals surface area contributed by atoms with Crippen LogP contribution in [0.25, 0.3) is 0 Å². The van der Waals surface area contributed by atoms with Crippen LogP contribution in [0.3, 0.4) is 0 Å². The Labute approximate surface area is 125 Å². The fourth-order valence-corrected chi connectivity index (χ4v) is 4.40. The maximum Gasteiger partial charge on any atom is 0.207 e. The molecular formula is C15H16ClNO2S. The van der Waals surface area contributed by atoms with Gasteiger partial charge in [-0.2, -0.15) is 0 Å². The van der Waals surface area contributed by atoms with Crippen molar-refractivity contribution in [3.63, 3.8) is 0 Å².